The van der Waals surface area contributed by atoms with Crippen LogP contribution < -0.4 is 4.74 Å². The second-order valence-electron chi connectivity index (χ2n) is 5.71. The van der Waals surface area contributed by atoms with E-state index in [1.165, 1.54) is 12.8 Å². The van der Waals surface area contributed by atoms with E-state index in [0.29, 0.717) is 18.3 Å². The Balaban J connectivity index is 1.57. The van der Waals surface area contributed by atoms with Gasteiger partial charge in [0.2, 0.25) is 11.8 Å². The van der Waals surface area contributed by atoms with Gasteiger partial charge >= 0.3 is 0 Å². The molecule has 1 saturated heterocycles. The van der Waals surface area contributed by atoms with Gasteiger partial charge in [-0.15, -0.1) is 5.10 Å². The number of piperidine rings is 1. The second kappa shape index (κ2) is 6.20. The quantitative estimate of drug-likeness (QED) is 0.847. The fraction of sp³-hybridized carbons (Fsp3) is 0.667. The van der Waals surface area contributed by atoms with Gasteiger partial charge in [0, 0.05) is 24.7 Å². The van der Waals surface area contributed by atoms with Gasteiger partial charge < -0.3 is 9.64 Å². The molecule has 5 nitrogen and oxygen atoms in total. The maximum absolute atomic E-state index is 12.4. The number of likely N-dealkylation sites (tertiary alicyclic amines) is 1. The van der Waals surface area contributed by atoms with Crippen molar-refractivity contribution >= 4 is 5.91 Å². The smallest absolute Gasteiger partial charge is 0.233 e. The van der Waals surface area contributed by atoms with Gasteiger partial charge in [0.05, 0.1) is 6.54 Å². The Bertz CT molecular complexity index is 446. The molecule has 1 aliphatic carbocycles. The van der Waals surface area contributed by atoms with E-state index in [9.17, 15) is 4.79 Å². The molecule has 1 aliphatic heterocycles. The zero-order valence-electron chi connectivity index (χ0n) is 11.7. The summed E-state index contributed by atoms with van der Waals surface area (Å²) in [4.78, 5) is 14.4. The molecule has 2 heterocycles. The highest BCUT2D eigenvalue weighted by Gasteiger charge is 2.31. The van der Waals surface area contributed by atoms with Crippen LogP contribution in [0.4, 0.5) is 0 Å². The predicted molar refractivity (Wildman–Crippen MR) is 74.2 cm³/mol. The van der Waals surface area contributed by atoms with Crippen LogP contribution in [0.1, 0.15) is 38.5 Å². The maximum atomic E-state index is 12.4. The molecule has 108 valence electrons. The first-order chi connectivity index (χ1) is 9.83. The molecule has 2 fully saturated rings. The highest BCUT2D eigenvalue weighted by Crippen LogP contribution is 2.28. The van der Waals surface area contributed by atoms with Crippen LogP contribution in [-0.2, 0) is 4.79 Å². The number of amides is 1. The highest BCUT2D eigenvalue weighted by atomic mass is 16.5. The Morgan fingerprint density at radius 3 is 2.85 bits per heavy atom. The molecular formula is C15H21N3O2. The molecule has 0 bridgehead atoms. The van der Waals surface area contributed by atoms with Crippen molar-refractivity contribution in [3.63, 3.8) is 0 Å². The lowest BCUT2D eigenvalue weighted by atomic mass is 10.0. The number of ether oxygens (including phenoxy) is 1. The van der Waals surface area contributed by atoms with Crippen LogP contribution in [-0.4, -0.2) is 40.2 Å². The predicted octanol–water partition coefficient (Wildman–Crippen LogP) is 2.04. The van der Waals surface area contributed by atoms with E-state index in [2.05, 4.69) is 10.2 Å². The van der Waals surface area contributed by atoms with Gasteiger partial charge in [-0.2, -0.15) is 5.10 Å². The van der Waals surface area contributed by atoms with Gasteiger partial charge in [0.15, 0.2) is 0 Å². The fourth-order valence-corrected chi connectivity index (χ4v) is 3.19. The number of hydrogen-bond acceptors (Lipinski definition) is 4. The molecule has 20 heavy (non-hydrogen) atoms. The molecule has 1 amide bonds. The molecule has 3 rings (SSSR count). The standard InChI is InChI=1S/C15H21N3O2/c19-15(12-5-1-2-6-12)18-10-4-7-13(11-18)20-14-8-3-9-16-17-14/h3,8-9,12-13H,1-2,4-7,10-11H2. The molecule has 0 spiro atoms. The van der Waals surface area contributed by atoms with E-state index in [1.54, 1.807) is 6.20 Å². The first-order valence-corrected chi connectivity index (χ1v) is 7.56. The molecule has 1 aromatic heterocycles. The van der Waals surface area contributed by atoms with E-state index < -0.39 is 0 Å². The van der Waals surface area contributed by atoms with Crippen LogP contribution in [0, 0.1) is 5.92 Å². The molecule has 1 atom stereocenters. The minimum absolute atomic E-state index is 0.0470. The summed E-state index contributed by atoms with van der Waals surface area (Å²) in [5, 5.41) is 7.76. The monoisotopic (exact) mass is 275 g/mol. The summed E-state index contributed by atoms with van der Waals surface area (Å²) in [6.07, 6.45) is 8.17. The summed E-state index contributed by atoms with van der Waals surface area (Å²) in [7, 11) is 0. The van der Waals surface area contributed by atoms with Gasteiger partial charge in [-0.3, -0.25) is 4.79 Å². The Morgan fingerprint density at radius 2 is 2.10 bits per heavy atom. The highest BCUT2D eigenvalue weighted by molar-refractivity contribution is 5.79. The zero-order valence-corrected chi connectivity index (χ0v) is 11.7. The Hall–Kier alpha value is -1.65. The average molecular weight is 275 g/mol. The lowest BCUT2D eigenvalue weighted by Gasteiger charge is -2.34. The molecule has 1 saturated carbocycles. The third-order valence-electron chi connectivity index (χ3n) is 4.23. The number of rotatable bonds is 3. The van der Waals surface area contributed by atoms with Crippen molar-refractivity contribution in [3.8, 4) is 5.88 Å². The Kier molecular flexibility index (Phi) is 4.14. The summed E-state index contributed by atoms with van der Waals surface area (Å²) in [5.74, 6) is 1.13. The van der Waals surface area contributed by atoms with E-state index in [4.69, 9.17) is 4.74 Å². The molecule has 1 unspecified atom stereocenters. The minimum Gasteiger partial charge on any atom is -0.471 e. The number of carbonyl (C=O) groups is 1. The van der Waals surface area contributed by atoms with Crippen LogP contribution in [0.25, 0.3) is 0 Å². The van der Waals surface area contributed by atoms with Crippen LogP contribution >= 0.6 is 0 Å². The second-order valence-corrected chi connectivity index (χ2v) is 5.71. The van der Waals surface area contributed by atoms with Crippen molar-refractivity contribution in [2.24, 2.45) is 5.92 Å². The minimum atomic E-state index is 0.0470. The van der Waals surface area contributed by atoms with Gasteiger partial charge in [0.1, 0.15) is 6.10 Å². The number of hydrogen-bond donors (Lipinski definition) is 0. The van der Waals surface area contributed by atoms with Crippen LogP contribution in [0.3, 0.4) is 0 Å². The molecule has 2 aliphatic rings. The van der Waals surface area contributed by atoms with Crippen molar-refractivity contribution in [2.45, 2.75) is 44.6 Å². The number of carbonyl (C=O) groups excluding carboxylic acids is 1. The first kappa shape index (κ1) is 13.3. The van der Waals surface area contributed by atoms with Crippen LogP contribution in [0.5, 0.6) is 5.88 Å². The fourth-order valence-electron chi connectivity index (χ4n) is 3.19. The van der Waals surface area contributed by atoms with Crippen LogP contribution in [0.15, 0.2) is 18.3 Å². The van der Waals surface area contributed by atoms with Gasteiger partial charge in [-0.05, 0) is 31.7 Å². The lowest BCUT2D eigenvalue weighted by Crippen LogP contribution is -2.46. The molecule has 0 aromatic carbocycles. The zero-order chi connectivity index (χ0) is 13.8. The van der Waals surface area contributed by atoms with Crippen molar-refractivity contribution in [2.75, 3.05) is 13.1 Å². The third-order valence-corrected chi connectivity index (χ3v) is 4.23. The summed E-state index contributed by atoms with van der Waals surface area (Å²) in [6.45, 7) is 1.56. The summed E-state index contributed by atoms with van der Waals surface area (Å²) in [6, 6.07) is 3.62. The van der Waals surface area contributed by atoms with E-state index in [0.717, 1.165) is 32.2 Å². The third kappa shape index (κ3) is 3.08. The molecule has 1 aromatic rings. The van der Waals surface area contributed by atoms with E-state index in [1.807, 2.05) is 17.0 Å². The van der Waals surface area contributed by atoms with E-state index >= 15 is 0 Å². The summed E-state index contributed by atoms with van der Waals surface area (Å²) in [5.41, 5.74) is 0. The first-order valence-electron chi connectivity index (χ1n) is 7.56. The normalized spacial score (nSPS) is 23.8. The van der Waals surface area contributed by atoms with Gasteiger partial charge in [0.25, 0.3) is 0 Å². The van der Waals surface area contributed by atoms with Crippen molar-refractivity contribution < 1.29 is 9.53 Å². The number of nitrogens with zero attached hydrogens (tertiary/aromatic N) is 3. The summed E-state index contributed by atoms with van der Waals surface area (Å²) < 4.78 is 5.83. The van der Waals surface area contributed by atoms with Gasteiger partial charge in [-0.25, -0.2) is 0 Å². The Morgan fingerprint density at radius 1 is 1.25 bits per heavy atom. The SMILES string of the molecule is O=C(C1CCCC1)N1CCCC(Oc2cccnn2)C1. The van der Waals surface area contributed by atoms with Gasteiger partial charge in [-0.1, -0.05) is 12.8 Å². The van der Waals surface area contributed by atoms with Crippen LogP contribution in [0.2, 0.25) is 0 Å². The van der Waals surface area contributed by atoms with Crippen molar-refractivity contribution in [1.82, 2.24) is 15.1 Å². The van der Waals surface area contributed by atoms with E-state index in [-0.39, 0.29) is 12.0 Å². The largest absolute Gasteiger partial charge is 0.471 e. The Labute approximate surface area is 119 Å². The van der Waals surface area contributed by atoms with Crippen molar-refractivity contribution in [3.05, 3.63) is 18.3 Å². The number of aromatic nitrogens is 2. The average Bonchev–Trinajstić information content (AvgIpc) is 3.02. The molecule has 0 radical (unpaired) electrons. The molecule has 5 heteroatoms. The summed E-state index contributed by atoms with van der Waals surface area (Å²) >= 11 is 0. The molecular weight excluding hydrogens is 254 g/mol. The van der Waals surface area contributed by atoms with Crippen molar-refractivity contribution in [1.29, 1.82) is 0 Å². The lowest BCUT2D eigenvalue weighted by molar-refractivity contribution is -0.138. The topological polar surface area (TPSA) is 55.3 Å². The maximum Gasteiger partial charge on any atom is 0.233 e. The molecule has 0 N–H and O–H groups in total.